The van der Waals surface area contributed by atoms with E-state index >= 15 is 0 Å². The van der Waals surface area contributed by atoms with Crippen molar-refractivity contribution in [2.75, 3.05) is 6.54 Å². The highest BCUT2D eigenvalue weighted by Crippen LogP contribution is 2.18. The molecule has 0 saturated carbocycles. The van der Waals surface area contributed by atoms with Gasteiger partial charge in [-0.25, -0.2) is 0 Å². The zero-order valence-corrected chi connectivity index (χ0v) is 14.1. The fourth-order valence-electron chi connectivity index (χ4n) is 2.44. The fourth-order valence-corrected chi connectivity index (χ4v) is 2.44. The number of unbranched alkanes of at least 4 members (excludes halogenated alkanes) is 3. The Balaban J connectivity index is 2.31. The van der Waals surface area contributed by atoms with E-state index in [9.17, 15) is 5.11 Å². The second-order valence-electron chi connectivity index (χ2n) is 6.12. The van der Waals surface area contributed by atoms with Crippen molar-refractivity contribution in [1.29, 1.82) is 0 Å². The van der Waals surface area contributed by atoms with Gasteiger partial charge in [-0.2, -0.15) is 0 Å². The Bertz CT molecular complexity index is 360. The van der Waals surface area contributed by atoms with Crippen LogP contribution in [-0.2, 0) is 6.42 Å². The molecule has 2 N–H and O–H groups in total. The quantitative estimate of drug-likeness (QED) is 0.583. The highest BCUT2D eigenvalue weighted by Gasteiger charge is 2.08. The van der Waals surface area contributed by atoms with Gasteiger partial charge in [0, 0.05) is 6.04 Å². The Hall–Kier alpha value is -0.860. The van der Waals surface area contributed by atoms with Crippen LogP contribution >= 0.6 is 0 Å². The molecule has 2 atom stereocenters. The molecule has 0 aliphatic heterocycles. The average Bonchev–Trinajstić information content (AvgIpc) is 2.51. The molecule has 2 nitrogen and oxygen atoms in total. The summed E-state index contributed by atoms with van der Waals surface area (Å²) in [4.78, 5) is 0. The van der Waals surface area contributed by atoms with Crippen LogP contribution in [0.25, 0.3) is 0 Å². The molecule has 0 aromatic heterocycles. The normalized spacial score (nSPS) is 14.1. The van der Waals surface area contributed by atoms with Crippen LogP contribution in [0.5, 0.6) is 0 Å². The van der Waals surface area contributed by atoms with Crippen molar-refractivity contribution >= 4 is 0 Å². The summed E-state index contributed by atoms with van der Waals surface area (Å²) in [6.45, 7) is 7.47. The summed E-state index contributed by atoms with van der Waals surface area (Å²) in [6.07, 6.45) is 7.93. The lowest BCUT2D eigenvalue weighted by atomic mass is 10.0. The van der Waals surface area contributed by atoms with Crippen molar-refractivity contribution in [2.45, 2.75) is 77.9 Å². The van der Waals surface area contributed by atoms with Crippen molar-refractivity contribution < 1.29 is 5.11 Å². The number of aryl methyl sites for hydroxylation is 1. The molecule has 0 aliphatic rings. The Morgan fingerprint density at radius 2 is 1.76 bits per heavy atom. The lowest BCUT2D eigenvalue weighted by Crippen LogP contribution is -2.27. The maximum atomic E-state index is 10.2. The van der Waals surface area contributed by atoms with Gasteiger partial charge in [0.2, 0.25) is 0 Å². The maximum absolute atomic E-state index is 10.2. The van der Waals surface area contributed by atoms with Crippen LogP contribution in [-0.4, -0.2) is 17.7 Å². The van der Waals surface area contributed by atoms with Gasteiger partial charge < -0.3 is 10.4 Å². The van der Waals surface area contributed by atoms with Gasteiger partial charge in [-0.05, 0) is 50.3 Å². The fraction of sp³-hybridized carbons (Fsp3) is 0.684. The molecule has 0 spiro atoms. The third kappa shape index (κ3) is 7.63. The summed E-state index contributed by atoms with van der Waals surface area (Å²) in [5, 5.41) is 13.6. The number of hydrogen-bond acceptors (Lipinski definition) is 2. The lowest BCUT2D eigenvalue weighted by Gasteiger charge is -2.15. The number of benzene rings is 1. The van der Waals surface area contributed by atoms with Gasteiger partial charge in [0.25, 0.3) is 0 Å². The van der Waals surface area contributed by atoms with Crippen molar-refractivity contribution in [2.24, 2.45) is 0 Å². The molecule has 0 fully saturated rings. The van der Waals surface area contributed by atoms with E-state index in [1.807, 2.05) is 0 Å². The zero-order chi connectivity index (χ0) is 15.5. The molecular weight excluding hydrogens is 258 g/mol. The van der Waals surface area contributed by atoms with Crippen molar-refractivity contribution in [1.82, 2.24) is 5.32 Å². The van der Waals surface area contributed by atoms with E-state index in [-0.39, 0.29) is 6.10 Å². The first-order valence-corrected chi connectivity index (χ1v) is 8.67. The van der Waals surface area contributed by atoms with Gasteiger partial charge in [0.05, 0.1) is 6.10 Å². The third-order valence-electron chi connectivity index (χ3n) is 4.21. The molecule has 1 rings (SSSR count). The predicted octanol–water partition coefficient (Wildman–Crippen LogP) is 4.62. The molecule has 1 aromatic rings. The lowest BCUT2D eigenvalue weighted by molar-refractivity contribution is 0.165. The third-order valence-corrected chi connectivity index (χ3v) is 4.21. The van der Waals surface area contributed by atoms with E-state index in [1.54, 1.807) is 0 Å². The van der Waals surface area contributed by atoms with Gasteiger partial charge in [0.1, 0.15) is 0 Å². The molecule has 0 radical (unpaired) electrons. The standard InChI is InChI=1S/C19H33NO/c1-4-6-7-8-9-17-10-12-18(13-11-17)19(21)14-15-20-16(3)5-2/h10-13,16,19-21H,4-9,14-15H2,1-3H3. The maximum Gasteiger partial charge on any atom is 0.0802 e. The second-order valence-corrected chi connectivity index (χ2v) is 6.12. The monoisotopic (exact) mass is 291 g/mol. The topological polar surface area (TPSA) is 32.3 Å². The van der Waals surface area contributed by atoms with Gasteiger partial charge in [-0.15, -0.1) is 0 Å². The average molecular weight is 291 g/mol. The van der Waals surface area contributed by atoms with Crippen LogP contribution in [0.2, 0.25) is 0 Å². The number of aliphatic hydroxyl groups is 1. The first-order valence-electron chi connectivity index (χ1n) is 8.67. The minimum absolute atomic E-state index is 0.351. The van der Waals surface area contributed by atoms with Crippen LogP contribution in [0.3, 0.4) is 0 Å². The number of aliphatic hydroxyl groups excluding tert-OH is 1. The number of rotatable bonds is 11. The summed E-state index contributed by atoms with van der Waals surface area (Å²) in [7, 11) is 0. The predicted molar refractivity (Wildman–Crippen MR) is 91.6 cm³/mol. The van der Waals surface area contributed by atoms with E-state index in [2.05, 4.69) is 50.4 Å². The highest BCUT2D eigenvalue weighted by atomic mass is 16.3. The Morgan fingerprint density at radius 3 is 2.38 bits per heavy atom. The van der Waals surface area contributed by atoms with Crippen molar-refractivity contribution in [3.05, 3.63) is 35.4 Å². The van der Waals surface area contributed by atoms with Crippen LogP contribution in [0.15, 0.2) is 24.3 Å². The Kier molecular flexibility index (Phi) is 9.36. The van der Waals surface area contributed by atoms with E-state index in [0.717, 1.165) is 31.4 Å². The first-order chi connectivity index (χ1) is 10.2. The largest absolute Gasteiger partial charge is 0.388 e. The summed E-state index contributed by atoms with van der Waals surface area (Å²) in [6, 6.07) is 9.05. The van der Waals surface area contributed by atoms with Crippen LogP contribution in [0.1, 0.15) is 76.5 Å². The van der Waals surface area contributed by atoms with E-state index in [4.69, 9.17) is 0 Å². The summed E-state index contributed by atoms with van der Waals surface area (Å²) >= 11 is 0. The molecule has 2 heteroatoms. The van der Waals surface area contributed by atoms with Crippen LogP contribution in [0.4, 0.5) is 0 Å². The zero-order valence-electron chi connectivity index (χ0n) is 14.1. The minimum Gasteiger partial charge on any atom is -0.388 e. The van der Waals surface area contributed by atoms with E-state index < -0.39 is 0 Å². The summed E-state index contributed by atoms with van der Waals surface area (Å²) < 4.78 is 0. The SMILES string of the molecule is CCCCCCc1ccc(C(O)CCNC(C)CC)cc1. The molecule has 120 valence electrons. The van der Waals surface area contributed by atoms with E-state index in [0.29, 0.717) is 6.04 Å². The number of hydrogen-bond donors (Lipinski definition) is 2. The molecular formula is C19H33NO. The molecule has 21 heavy (non-hydrogen) atoms. The Labute approximate surface area is 131 Å². The molecule has 0 heterocycles. The molecule has 0 aliphatic carbocycles. The molecule has 0 bridgehead atoms. The highest BCUT2D eigenvalue weighted by molar-refractivity contribution is 5.24. The van der Waals surface area contributed by atoms with Gasteiger partial charge in [-0.3, -0.25) is 0 Å². The first kappa shape index (κ1) is 18.2. The van der Waals surface area contributed by atoms with Crippen molar-refractivity contribution in [3.8, 4) is 0 Å². The van der Waals surface area contributed by atoms with Gasteiger partial charge in [0.15, 0.2) is 0 Å². The van der Waals surface area contributed by atoms with E-state index in [1.165, 1.54) is 31.2 Å². The van der Waals surface area contributed by atoms with Crippen LogP contribution < -0.4 is 5.32 Å². The van der Waals surface area contributed by atoms with Crippen LogP contribution in [0, 0.1) is 0 Å². The summed E-state index contributed by atoms with van der Waals surface area (Å²) in [5.41, 5.74) is 2.43. The smallest absolute Gasteiger partial charge is 0.0802 e. The minimum atomic E-state index is -0.351. The number of nitrogens with one attached hydrogen (secondary N) is 1. The summed E-state index contributed by atoms with van der Waals surface area (Å²) in [5.74, 6) is 0. The molecule has 0 amide bonds. The Morgan fingerprint density at radius 1 is 1.05 bits per heavy atom. The van der Waals surface area contributed by atoms with Gasteiger partial charge in [-0.1, -0.05) is 57.4 Å². The molecule has 2 unspecified atom stereocenters. The van der Waals surface area contributed by atoms with Gasteiger partial charge >= 0.3 is 0 Å². The molecule has 1 aromatic carbocycles. The molecule has 0 saturated heterocycles. The second kappa shape index (κ2) is 10.8. The van der Waals surface area contributed by atoms with Crippen molar-refractivity contribution in [3.63, 3.8) is 0 Å².